The molecule has 1 aromatic rings. The van der Waals surface area contributed by atoms with Gasteiger partial charge in [0, 0.05) is 17.8 Å². The van der Waals surface area contributed by atoms with Crippen molar-refractivity contribution in [1.82, 2.24) is 4.98 Å². The first-order chi connectivity index (χ1) is 6.50. The summed E-state index contributed by atoms with van der Waals surface area (Å²) in [7, 11) is 0. The number of thiazole rings is 1. The summed E-state index contributed by atoms with van der Waals surface area (Å²) in [5.74, 6) is 1.20. The molecular formula is C11H20N2S. The maximum absolute atomic E-state index is 6.12. The van der Waals surface area contributed by atoms with Gasteiger partial charge in [0.15, 0.2) is 0 Å². The number of aryl methyl sites for hydroxylation is 1. The molecular weight excluding hydrogens is 192 g/mol. The topological polar surface area (TPSA) is 38.9 Å². The summed E-state index contributed by atoms with van der Waals surface area (Å²) >= 11 is 1.70. The molecule has 0 aromatic carbocycles. The Morgan fingerprint density at radius 2 is 2.07 bits per heavy atom. The van der Waals surface area contributed by atoms with Crippen LogP contribution in [0.3, 0.4) is 0 Å². The van der Waals surface area contributed by atoms with Crippen molar-refractivity contribution >= 4 is 11.3 Å². The lowest BCUT2D eigenvalue weighted by Gasteiger charge is -2.22. The molecule has 0 bridgehead atoms. The van der Waals surface area contributed by atoms with Gasteiger partial charge < -0.3 is 5.73 Å². The summed E-state index contributed by atoms with van der Waals surface area (Å²) in [4.78, 5) is 4.43. The van der Waals surface area contributed by atoms with Gasteiger partial charge in [0.25, 0.3) is 0 Å². The summed E-state index contributed by atoms with van der Waals surface area (Å²) in [6.07, 6.45) is 0.906. The van der Waals surface area contributed by atoms with Crippen LogP contribution in [0.1, 0.15) is 31.5 Å². The second kappa shape index (κ2) is 4.89. The molecule has 0 aliphatic rings. The van der Waals surface area contributed by atoms with Crippen molar-refractivity contribution in [2.45, 2.75) is 40.2 Å². The highest BCUT2D eigenvalue weighted by molar-refractivity contribution is 7.09. The van der Waals surface area contributed by atoms with Crippen LogP contribution in [0, 0.1) is 18.8 Å². The molecule has 1 rings (SSSR count). The maximum atomic E-state index is 6.12. The van der Waals surface area contributed by atoms with E-state index in [0.717, 1.165) is 17.1 Å². The Bertz CT molecular complexity index is 281. The quantitative estimate of drug-likeness (QED) is 0.833. The van der Waals surface area contributed by atoms with Gasteiger partial charge in [-0.25, -0.2) is 4.98 Å². The Kier molecular flexibility index (Phi) is 4.08. The number of nitrogens with two attached hydrogens (primary N) is 1. The van der Waals surface area contributed by atoms with E-state index in [2.05, 4.69) is 31.1 Å². The van der Waals surface area contributed by atoms with Crippen molar-refractivity contribution in [3.05, 3.63) is 16.1 Å². The Balaban J connectivity index is 2.52. The minimum absolute atomic E-state index is 0.233. The van der Waals surface area contributed by atoms with Gasteiger partial charge >= 0.3 is 0 Å². The molecule has 0 aliphatic carbocycles. The van der Waals surface area contributed by atoms with Crippen LogP contribution in [0.4, 0.5) is 0 Å². The van der Waals surface area contributed by atoms with Crippen molar-refractivity contribution in [2.75, 3.05) is 0 Å². The van der Waals surface area contributed by atoms with E-state index in [1.165, 1.54) is 0 Å². The smallest absolute Gasteiger partial charge is 0.0897 e. The summed E-state index contributed by atoms with van der Waals surface area (Å²) in [6.45, 7) is 8.69. The number of hydrogen-bond acceptors (Lipinski definition) is 3. The molecule has 2 nitrogen and oxygen atoms in total. The number of rotatable bonds is 4. The molecule has 2 N–H and O–H groups in total. The number of aromatic nitrogens is 1. The lowest BCUT2D eigenvalue weighted by atomic mass is 9.88. The molecule has 14 heavy (non-hydrogen) atoms. The van der Waals surface area contributed by atoms with E-state index in [1.54, 1.807) is 11.3 Å². The molecule has 0 amide bonds. The minimum atomic E-state index is 0.233. The van der Waals surface area contributed by atoms with Crippen LogP contribution in [0.25, 0.3) is 0 Å². The Labute approximate surface area is 90.6 Å². The molecule has 3 heteroatoms. The summed E-state index contributed by atoms with van der Waals surface area (Å²) in [5, 5.41) is 3.24. The minimum Gasteiger partial charge on any atom is -0.327 e. The normalized spacial score (nSPS) is 15.9. The van der Waals surface area contributed by atoms with E-state index in [4.69, 9.17) is 5.73 Å². The Morgan fingerprint density at radius 3 is 2.50 bits per heavy atom. The molecule has 2 unspecified atom stereocenters. The average molecular weight is 212 g/mol. The second-order valence-corrected chi connectivity index (χ2v) is 5.39. The lowest BCUT2D eigenvalue weighted by molar-refractivity contribution is 0.343. The number of nitrogens with zero attached hydrogens (tertiary/aromatic N) is 1. The maximum Gasteiger partial charge on any atom is 0.0897 e. The SMILES string of the molecule is Cc1nc(CC(N)C(C)C(C)C)cs1. The molecule has 0 spiro atoms. The second-order valence-electron chi connectivity index (χ2n) is 4.33. The predicted octanol–water partition coefficient (Wildman–Crippen LogP) is 2.61. The van der Waals surface area contributed by atoms with E-state index < -0.39 is 0 Å². The molecule has 0 saturated heterocycles. The molecule has 2 atom stereocenters. The van der Waals surface area contributed by atoms with E-state index >= 15 is 0 Å². The first kappa shape index (κ1) is 11.7. The van der Waals surface area contributed by atoms with Gasteiger partial charge in [-0.3, -0.25) is 0 Å². The fourth-order valence-electron chi connectivity index (χ4n) is 1.42. The third kappa shape index (κ3) is 3.07. The highest BCUT2D eigenvalue weighted by Crippen LogP contribution is 2.17. The van der Waals surface area contributed by atoms with Gasteiger partial charge in [-0.2, -0.15) is 0 Å². The van der Waals surface area contributed by atoms with Crippen LogP contribution in [0.5, 0.6) is 0 Å². The van der Waals surface area contributed by atoms with Crippen LogP contribution in [-0.2, 0) is 6.42 Å². The molecule has 0 saturated carbocycles. The first-order valence-corrected chi connectivity index (χ1v) is 6.05. The molecule has 0 aliphatic heterocycles. The lowest BCUT2D eigenvalue weighted by Crippen LogP contribution is -2.33. The van der Waals surface area contributed by atoms with Gasteiger partial charge in [-0.15, -0.1) is 11.3 Å². The zero-order valence-electron chi connectivity index (χ0n) is 9.45. The molecule has 1 heterocycles. The van der Waals surface area contributed by atoms with Crippen molar-refractivity contribution in [3.63, 3.8) is 0 Å². The van der Waals surface area contributed by atoms with Gasteiger partial charge in [0.05, 0.1) is 10.7 Å². The van der Waals surface area contributed by atoms with Gasteiger partial charge in [-0.05, 0) is 18.8 Å². The van der Waals surface area contributed by atoms with Gasteiger partial charge in [-0.1, -0.05) is 20.8 Å². The first-order valence-electron chi connectivity index (χ1n) is 5.17. The summed E-state index contributed by atoms with van der Waals surface area (Å²) in [5.41, 5.74) is 7.27. The molecule has 1 aromatic heterocycles. The zero-order valence-corrected chi connectivity index (χ0v) is 10.3. The third-order valence-electron chi connectivity index (χ3n) is 2.84. The highest BCUT2D eigenvalue weighted by atomic mass is 32.1. The van der Waals surface area contributed by atoms with Crippen LogP contribution >= 0.6 is 11.3 Å². The monoisotopic (exact) mass is 212 g/mol. The van der Waals surface area contributed by atoms with Crippen LogP contribution in [-0.4, -0.2) is 11.0 Å². The van der Waals surface area contributed by atoms with Gasteiger partial charge in [0.1, 0.15) is 0 Å². The van der Waals surface area contributed by atoms with Crippen molar-refractivity contribution in [3.8, 4) is 0 Å². The molecule has 0 radical (unpaired) electrons. The Morgan fingerprint density at radius 1 is 1.43 bits per heavy atom. The fourth-order valence-corrected chi connectivity index (χ4v) is 2.05. The zero-order chi connectivity index (χ0) is 10.7. The van der Waals surface area contributed by atoms with E-state index in [9.17, 15) is 0 Å². The molecule has 80 valence electrons. The van der Waals surface area contributed by atoms with Crippen LogP contribution in [0.2, 0.25) is 0 Å². The van der Waals surface area contributed by atoms with E-state index in [-0.39, 0.29) is 6.04 Å². The number of hydrogen-bond donors (Lipinski definition) is 1. The summed E-state index contributed by atoms with van der Waals surface area (Å²) < 4.78 is 0. The van der Waals surface area contributed by atoms with Crippen LogP contribution in [0.15, 0.2) is 5.38 Å². The fraction of sp³-hybridized carbons (Fsp3) is 0.727. The van der Waals surface area contributed by atoms with Crippen molar-refractivity contribution in [1.29, 1.82) is 0 Å². The van der Waals surface area contributed by atoms with Crippen molar-refractivity contribution in [2.24, 2.45) is 17.6 Å². The van der Waals surface area contributed by atoms with E-state index in [0.29, 0.717) is 11.8 Å². The summed E-state index contributed by atoms with van der Waals surface area (Å²) in [6, 6.07) is 0.233. The predicted molar refractivity (Wildman–Crippen MR) is 62.5 cm³/mol. The largest absolute Gasteiger partial charge is 0.327 e. The average Bonchev–Trinajstić information content (AvgIpc) is 2.49. The molecule has 0 fully saturated rings. The third-order valence-corrected chi connectivity index (χ3v) is 3.66. The van der Waals surface area contributed by atoms with E-state index in [1.807, 2.05) is 6.92 Å². The van der Waals surface area contributed by atoms with Crippen LogP contribution < -0.4 is 5.73 Å². The highest BCUT2D eigenvalue weighted by Gasteiger charge is 2.17. The van der Waals surface area contributed by atoms with Crippen molar-refractivity contribution < 1.29 is 0 Å². The standard InChI is InChI=1S/C11H20N2S/c1-7(2)8(3)11(12)5-10-6-14-9(4)13-10/h6-8,11H,5,12H2,1-4H3. The Hall–Kier alpha value is -0.410. The van der Waals surface area contributed by atoms with Gasteiger partial charge in [0.2, 0.25) is 0 Å².